The maximum absolute atomic E-state index is 13.0. The number of benzene rings is 1. The Balaban J connectivity index is 2.47. The largest absolute Gasteiger partial charge is 0.490 e. The van der Waals surface area contributed by atoms with Gasteiger partial charge in [-0.3, -0.25) is 14.5 Å². The molecule has 2 rings (SSSR count). The van der Waals surface area contributed by atoms with Crippen LogP contribution in [-0.2, 0) is 9.59 Å². The van der Waals surface area contributed by atoms with E-state index in [1.54, 1.807) is 25.1 Å². The van der Waals surface area contributed by atoms with Crippen molar-refractivity contribution in [2.75, 3.05) is 19.8 Å². The van der Waals surface area contributed by atoms with Crippen molar-refractivity contribution in [1.29, 1.82) is 5.26 Å². The number of rotatable bonds is 9. The van der Waals surface area contributed by atoms with Crippen molar-refractivity contribution in [3.8, 4) is 17.6 Å². The molecule has 6 heteroatoms. The van der Waals surface area contributed by atoms with Crippen LogP contribution in [0.15, 0.2) is 34.9 Å². The van der Waals surface area contributed by atoms with E-state index in [-0.39, 0.29) is 11.5 Å². The zero-order valence-corrected chi connectivity index (χ0v) is 17.6. The molecular formula is C23H28N2O4. The number of amides is 2. The number of hydrogen-bond donors (Lipinski definition) is 0. The molecule has 29 heavy (non-hydrogen) atoms. The number of unbranched alkanes of at least 4 members (excludes halogenated alkanes) is 2. The van der Waals surface area contributed by atoms with E-state index in [4.69, 9.17) is 9.47 Å². The minimum Gasteiger partial charge on any atom is -0.490 e. The number of hydrogen-bond acceptors (Lipinski definition) is 5. The molecule has 0 saturated carbocycles. The van der Waals surface area contributed by atoms with Crippen molar-refractivity contribution in [2.45, 2.75) is 47.0 Å². The van der Waals surface area contributed by atoms with Crippen LogP contribution in [-0.4, -0.2) is 36.5 Å². The Labute approximate surface area is 172 Å². The van der Waals surface area contributed by atoms with Crippen molar-refractivity contribution in [3.05, 3.63) is 40.5 Å². The summed E-state index contributed by atoms with van der Waals surface area (Å²) in [6.07, 6.45) is 4.31. The molecule has 0 radical (unpaired) electrons. The quantitative estimate of drug-likeness (QED) is 0.354. The summed E-state index contributed by atoms with van der Waals surface area (Å²) in [6, 6.07) is 7.38. The van der Waals surface area contributed by atoms with E-state index in [9.17, 15) is 14.9 Å². The fraction of sp³-hybridized carbons (Fsp3) is 0.435. The normalized spacial score (nSPS) is 15.7. The molecule has 6 nitrogen and oxygen atoms in total. The van der Waals surface area contributed by atoms with E-state index in [1.807, 2.05) is 26.0 Å². The van der Waals surface area contributed by atoms with Crippen LogP contribution >= 0.6 is 0 Å². The Morgan fingerprint density at radius 2 is 1.72 bits per heavy atom. The molecule has 1 aromatic carbocycles. The van der Waals surface area contributed by atoms with Crippen molar-refractivity contribution >= 4 is 17.9 Å². The van der Waals surface area contributed by atoms with Crippen LogP contribution in [0.1, 0.15) is 52.5 Å². The second-order valence-electron chi connectivity index (χ2n) is 6.71. The minimum absolute atomic E-state index is 0.0170. The summed E-state index contributed by atoms with van der Waals surface area (Å²) in [5, 5.41) is 9.47. The van der Waals surface area contributed by atoms with Crippen LogP contribution in [0.3, 0.4) is 0 Å². The molecule has 1 aliphatic rings. The van der Waals surface area contributed by atoms with E-state index < -0.39 is 5.91 Å². The monoisotopic (exact) mass is 396 g/mol. The fourth-order valence-corrected chi connectivity index (χ4v) is 3.18. The third-order valence-corrected chi connectivity index (χ3v) is 4.69. The van der Waals surface area contributed by atoms with Gasteiger partial charge in [-0.2, -0.15) is 5.26 Å². The van der Waals surface area contributed by atoms with Gasteiger partial charge in [0.25, 0.3) is 11.8 Å². The van der Waals surface area contributed by atoms with Crippen LogP contribution in [0, 0.1) is 11.3 Å². The Morgan fingerprint density at radius 1 is 1.03 bits per heavy atom. The zero-order valence-electron chi connectivity index (χ0n) is 17.6. The molecule has 0 bridgehead atoms. The van der Waals surface area contributed by atoms with Gasteiger partial charge in [-0.25, -0.2) is 0 Å². The molecule has 0 atom stereocenters. The van der Waals surface area contributed by atoms with Crippen molar-refractivity contribution < 1.29 is 19.1 Å². The van der Waals surface area contributed by atoms with Gasteiger partial charge in [0.1, 0.15) is 11.6 Å². The lowest BCUT2D eigenvalue weighted by Crippen LogP contribution is -2.43. The highest BCUT2D eigenvalue weighted by molar-refractivity contribution is 6.19. The SMILES string of the molecule is CCCCCN1C(=O)C(C#N)=C(C)/C(=C\c2ccc(OCC)c(OCC)c2)C1=O. The molecule has 1 aliphatic heterocycles. The summed E-state index contributed by atoms with van der Waals surface area (Å²) in [6.45, 7) is 8.79. The van der Waals surface area contributed by atoms with E-state index in [2.05, 4.69) is 6.92 Å². The van der Waals surface area contributed by atoms with Gasteiger partial charge in [0, 0.05) is 12.1 Å². The van der Waals surface area contributed by atoms with E-state index in [0.29, 0.717) is 42.4 Å². The predicted molar refractivity (Wildman–Crippen MR) is 111 cm³/mol. The molecule has 1 aromatic rings. The molecule has 0 unspecified atom stereocenters. The third-order valence-electron chi connectivity index (χ3n) is 4.69. The van der Waals surface area contributed by atoms with Gasteiger partial charge in [-0.05, 0) is 56.5 Å². The first-order valence-corrected chi connectivity index (χ1v) is 10.1. The van der Waals surface area contributed by atoms with Crippen LogP contribution in [0.5, 0.6) is 11.5 Å². The zero-order chi connectivity index (χ0) is 21.4. The average Bonchev–Trinajstić information content (AvgIpc) is 2.70. The lowest BCUT2D eigenvalue weighted by molar-refractivity contribution is -0.140. The lowest BCUT2D eigenvalue weighted by atomic mass is 9.93. The molecule has 0 saturated heterocycles. The van der Waals surface area contributed by atoms with Crippen molar-refractivity contribution in [2.24, 2.45) is 0 Å². The summed E-state index contributed by atoms with van der Waals surface area (Å²) < 4.78 is 11.2. The average molecular weight is 396 g/mol. The molecule has 1 heterocycles. The molecule has 0 aliphatic carbocycles. The Hall–Kier alpha value is -3.07. The van der Waals surface area contributed by atoms with Gasteiger partial charge in [0.15, 0.2) is 11.5 Å². The van der Waals surface area contributed by atoms with Gasteiger partial charge in [-0.1, -0.05) is 25.8 Å². The number of nitrogens with zero attached hydrogens (tertiary/aromatic N) is 2. The van der Waals surface area contributed by atoms with Crippen molar-refractivity contribution in [3.63, 3.8) is 0 Å². The first kappa shape index (κ1) is 22.2. The first-order valence-electron chi connectivity index (χ1n) is 10.1. The van der Waals surface area contributed by atoms with Gasteiger partial charge >= 0.3 is 0 Å². The van der Waals surface area contributed by atoms with Gasteiger partial charge in [0.05, 0.1) is 13.2 Å². The first-order chi connectivity index (χ1) is 14.0. The number of carbonyl (C=O) groups excluding carboxylic acids is 2. The molecule has 0 spiro atoms. The molecule has 154 valence electrons. The van der Waals surface area contributed by atoms with Gasteiger partial charge < -0.3 is 9.47 Å². The summed E-state index contributed by atoms with van der Waals surface area (Å²) >= 11 is 0. The number of carbonyl (C=O) groups is 2. The van der Waals surface area contributed by atoms with Gasteiger partial charge in [-0.15, -0.1) is 0 Å². The number of imide groups is 1. The lowest BCUT2D eigenvalue weighted by Gasteiger charge is -2.27. The van der Waals surface area contributed by atoms with Crippen LogP contribution in [0.25, 0.3) is 6.08 Å². The number of nitriles is 1. The minimum atomic E-state index is -0.509. The highest BCUT2D eigenvalue weighted by Crippen LogP contribution is 2.32. The smallest absolute Gasteiger partial charge is 0.271 e. The summed E-state index contributed by atoms with van der Waals surface area (Å²) in [5.74, 6) is 0.345. The van der Waals surface area contributed by atoms with E-state index in [1.165, 1.54) is 4.90 Å². The molecule has 0 N–H and O–H groups in total. The maximum Gasteiger partial charge on any atom is 0.271 e. The second kappa shape index (κ2) is 10.5. The molecular weight excluding hydrogens is 368 g/mol. The Bertz CT molecular complexity index is 877. The second-order valence-corrected chi connectivity index (χ2v) is 6.71. The third kappa shape index (κ3) is 5.05. The van der Waals surface area contributed by atoms with Crippen molar-refractivity contribution in [1.82, 2.24) is 4.90 Å². The standard InChI is InChI=1S/C23H28N2O4/c1-5-8-9-12-25-22(26)18(16(4)19(15-24)23(25)27)13-17-10-11-20(28-6-2)21(14-17)29-7-3/h10-11,13-14H,5-9,12H2,1-4H3/b18-13+. The molecule has 0 aromatic heterocycles. The fourth-order valence-electron chi connectivity index (χ4n) is 3.18. The van der Waals surface area contributed by atoms with E-state index >= 15 is 0 Å². The van der Waals surface area contributed by atoms with E-state index in [0.717, 1.165) is 24.8 Å². The Morgan fingerprint density at radius 3 is 2.34 bits per heavy atom. The summed E-state index contributed by atoms with van der Waals surface area (Å²) in [7, 11) is 0. The van der Waals surface area contributed by atoms with Gasteiger partial charge in [0.2, 0.25) is 0 Å². The van der Waals surface area contributed by atoms with Crippen LogP contribution in [0.4, 0.5) is 0 Å². The summed E-state index contributed by atoms with van der Waals surface area (Å²) in [4.78, 5) is 26.8. The highest BCUT2D eigenvalue weighted by atomic mass is 16.5. The molecule has 0 fully saturated rings. The van der Waals surface area contributed by atoms with Crippen LogP contribution < -0.4 is 9.47 Å². The summed E-state index contributed by atoms with van der Waals surface area (Å²) in [5.41, 5.74) is 1.51. The maximum atomic E-state index is 13.0. The highest BCUT2D eigenvalue weighted by Gasteiger charge is 2.35. The van der Waals surface area contributed by atoms with Crippen LogP contribution in [0.2, 0.25) is 0 Å². The number of ether oxygens (including phenoxy) is 2. The topological polar surface area (TPSA) is 79.6 Å². The Kier molecular flexibility index (Phi) is 8.02. The predicted octanol–water partition coefficient (Wildman–Crippen LogP) is 4.27. The molecule has 2 amide bonds.